The largest absolute Gasteiger partial charge is 0.396 e. The SMILES string of the molecule is CCN(CCCO)C(=O)C(C)Cl. The van der Waals surface area contributed by atoms with E-state index in [4.69, 9.17) is 16.7 Å². The Morgan fingerprint density at radius 2 is 2.25 bits per heavy atom. The summed E-state index contributed by atoms with van der Waals surface area (Å²) in [6.07, 6.45) is 0.614. The monoisotopic (exact) mass is 193 g/mol. The highest BCUT2D eigenvalue weighted by Gasteiger charge is 2.15. The topological polar surface area (TPSA) is 40.5 Å². The van der Waals surface area contributed by atoms with Crippen LogP contribution in [0.15, 0.2) is 0 Å². The van der Waals surface area contributed by atoms with Crippen molar-refractivity contribution in [3.8, 4) is 0 Å². The summed E-state index contributed by atoms with van der Waals surface area (Å²) in [7, 11) is 0. The van der Waals surface area contributed by atoms with Crippen LogP contribution in [0.2, 0.25) is 0 Å². The van der Waals surface area contributed by atoms with Gasteiger partial charge < -0.3 is 10.0 Å². The van der Waals surface area contributed by atoms with E-state index in [-0.39, 0.29) is 12.5 Å². The van der Waals surface area contributed by atoms with Crippen LogP contribution < -0.4 is 0 Å². The second-order valence-corrected chi connectivity index (χ2v) is 3.27. The molecule has 0 aliphatic rings. The molecule has 0 bridgehead atoms. The van der Waals surface area contributed by atoms with Gasteiger partial charge in [-0.3, -0.25) is 4.79 Å². The zero-order valence-electron chi connectivity index (χ0n) is 7.59. The molecular formula is C8H16ClNO2. The Morgan fingerprint density at radius 3 is 2.58 bits per heavy atom. The summed E-state index contributed by atoms with van der Waals surface area (Å²) in [4.78, 5) is 12.9. The Bertz CT molecular complexity index is 139. The summed E-state index contributed by atoms with van der Waals surface area (Å²) >= 11 is 5.63. The average molecular weight is 194 g/mol. The van der Waals surface area contributed by atoms with Gasteiger partial charge in [-0.05, 0) is 20.3 Å². The summed E-state index contributed by atoms with van der Waals surface area (Å²) in [6.45, 7) is 4.90. The molecule has 1 atom stereocenters. The van der Waals surface area contributed by atoms with E-state index in [0.717, 1.165) is 0 Å². The van der Waals surface area contributed by atoms with Gasteiger partial charge in [0.05, 0.1) is 0 Å². The molecule has 3 nitrogen and oxygen atoms in total. The third kappa shape index (κ3) is 3.93. The summed E-state index contributed by atoms with van der Waals surface area (Å²) in [5.74, 6) is -0.0624. The molecular weight excluding hydrogens is 178 g/mol. The van der Waals surface area contributed by atoms with Crippen LogP contribution in [-0.2, 0) is 4.79 Å². The van der Waals surface area contributed by atoms with Crippen molar-refractivity contribution in [1.82, 2.24) is 4.90 Å². The first kappa shape index (κ1) is 11.7. The first-order valence-electron chi connectivity index (χ1n) is 4.17. The predicted molar refractivity (Wildman–Crippen MR) is 49.3 cm³/mol. The van der Waals surface area contributed by atoms with Crippen molar-refractivity contribution in [1.29, 1.82) is 0 Å². The van der Waals surface area contributed by atoms with E-state index in [1.54, 1.807) is 11.8 Å². The van der Waals surface area contributed by atoms with Gasteiger partial charge in [0.2, 0.25) is 5.91 Å². The fourth-order valence-corrected chi connectivity index (χ4v) is 1.08. The molecule has 1 unspecified atom stereocenters. The molecule has 0 heterocycles. The number of alkyl halides is 1. The number of carbonyl (C=O) groups excluding carboxylic acids is 1. The molecule has 0 aliphatic carbocycles. The van der Waals surface area contributed by atoms with Gasteiger partial charge in [-0.15, -0.1) is 11.6 Å². The van der Waals surface area contributed by atoms with Crippen molar-refractivity contribution in [2.45, 2.75) is 25.6 Å². The molecule has 0 saturated carbocycles. The fourth-order valence-electron chi connectivity index (χ4n) is 0.937. The second-order valence-electron chi connectivity index (χ2n) is 2.61. The number of aliphatic hydroxyl groups excluding tert-OH is 1. The lowest BCUT2D eigenvalue weighted by Crippen LogP contribution is -2.36. The molecule has 0 spiro atoms. The fraction of sp³-hybridized carbons (Fsp3) is 0.875. The van der Waals surface area contributed by atoms with Crippen molar-refractivity contribution in [2.24, 2.45) is 0 Å². The van der Waals surface area contributed by atoms with Gasteiger partial charge >= 0.3 is 0 Å². The van der Waals surface area contributed by atoms with Gasteiger partial charge in [0.15, 0.2) is 0 Å². The predicted octanol–water partition coefficient (Wildman–Crippen LogP) is 0.845. The molecule has 0 saturated heterocycles. The molecule has 0 fully saturated rings. The van der Waals surface area contributed by atoms with Gasteiger partial charge in [0, 0.05) is 19.7 Å². The van der Waals surface area contributed by atoms with Crippen LogP contribution in [0.1, 0.15) is 20.3 Å². The summed E-state index contributed by atoms with van der Waals surface area (Å²) < 4.78 is 0. The first-order chi connectivity index (χ1) is 5.63. The zero-order valence-corrected chi connectivity index (χ0v) is 8.34. The number of rotatable bonds is 5. The number of carbonyl (C=O) groups is 1. The summed E-state index contributed by atoms with van der Waals surface area (Å²) in [5.41, 5.74) is 0. The molecule has 1 N–H and O–H groups in total. The Balaban J connectivity index is 3.88. The molecule has 0 aromatic heterocycles. The van der Waals surface area contributed by atoms with Crippen molar-refractivity contribution >= 4 is 17.5 Å². The van der Waals surface area contributed by atoms with Gasteiger partial charge in [-0.25, -0.2) is 0 Å². The molecule has 0 aromatic carbocycles. The van der Waals surface area contributed by atoms with Crippen LogP contribution in [0, 0.1) is 0 Å². The Morgan fingerprint density at radius 1 is 1.67 bits per heavy atom. The lowest BCUT2D eigenvalue weighted by Gasteiger charge is -2.21. The van der Waals surface area contributed by atoms with Crippen molar-refractivity contribution in [2.75, 3.05) is 19.7 Å². The van der Waals surface area contributed by atoms with E-state index in [1.807, 2.05) is 6.92 Å². The highest BCUT2D eigenvalue weighted by molar-refractivity contribution is 6.30. The van der Waals surface area contributed by atoms with E-state index in [2.05, 4.69) is 0 Å². The molecule has 72 valence electrons. The van der Waals surface area contributed by atoms with Gasteiger partial charge in [-0.1, -0.05) is 0 Å². The number of aliphatic hydroxyl groups is 1. The van der Waals surface area contributed by atoms with E-state index in [1.165, 1.54) is 0 Å². The minimum absolute atomic E-state index is 0.0624. The molecule has 0 aliphatic heterocycles. The Kier molecular flexibility index (Phi) is 6.11. The highest BCUT2D eigenvalue weighted by atomic mass is 35.5. The third-order valence-electron chi connectivity index (χ3n) is 1.62. The molecule has 0 aromatic rings. The number of hydrogen-bond donors (Lipinski definition) is 1. The standard InChI is InChI=1S/C8H16ClNO2/c1-3-10(5-4-6-11)8(12)7(2)9/h7,11H,3-6H2,1-2H3. The van der Waals surface area contributed by atoms with Crippen molar-refractivity contribution < 1.29 is 9.90 Å². The minimum atomic E-state index is -0.469. The highest BCUT2D eigenvalue weighted by Crippen LogP contribution is 2.01. The molecule has 4 heteroatoms. The lowest BCUT2D eigenvalue weighted by atomic mass is 10.3. The van der Waals surface area contributed by atoms with Crippen LogP contribution in [0.5, 0.6) is 0 Å². The van der Waals surface area contributed by atoms with E-state index < -0.39 is 5.38 Å². The van der Waals surface area contributed by atoms with Gasteiger partial charge in [0.25, 0.3) is 0 Å². The Labute approximate surface area is 78.3 Å². The minimum Gasteiger partial charge on any atom is -0.396 e. The van der Waals surface area contributed by atoms with E-state index >= 15 is 0 Å². The van der Waals surface area contributed by atoms with Crippen LogP contribution in [0.3, 0.4) is 0 Å². The zero-order chi connectivity index (χ0) is 9.56. The lowest BCUT2D eigenvalue weighted by molar-refractivity contribution is -0.130. The van der Waals surface area contributed by atoms with Crippen LogP contribution in [-0.4, -0.2) is 41.0 Å². The quantitative estimate of drug-likeness (QED) is 0.658. The average Bonchev–Trinajstić information content (AvgIpc) is 2.05. The van der Waals surface area contributed by atoms with Crippen molar-refractivity contribution in [3.05, 3.63) is 0 Å². The second kappa shape index (κ2) is 6.26. The summed E-state index contributed by atoms with van der Waals surface area (Å²) in [5, 5.41) is 8.09. The maximum absolute atomic E-state index is 11.3. The molecule has 12 heavy (non-hydrogen) atoms. The maximum atomic E-state index is 11.3. The number of halogens is 1. The van der Waals surface area contributed by atoms with Crippen LogP contribution in [0.25, 0.3) is 0 Å². The van der Waals surface area contributed by atoms with Gasteiger partial charge in [0.1, 0.15) is 5.38 Å². The molecule has 0 radical (unpaired) electrons. The van der Waals surface area contributed by atoms with E-state index in [0.29, 0.717) is 19.5 Å². The number of amides is 1. The maximum Gasteiger partial charge on any atom is 0.240 e. The normalized spacial score (nSPS) is 12.7. The first-order valence-corrected chi connectivity index (χ1v) is 4.60. The molecule has 0 rings (SSSR count). The number of nitrogens with zero attached hydrogens (tertiary/aromatic N) is 1. The molecule has 1 amide bonds. The van der Waals surface area contributed by atoms with E-state index in [9.17, 15) is 4.79 Å². The van der Waals surface area contributed by atoms with Crippen molar-refractivity contribution in [3.63, 3.8) is 0 Å². The third-order valence-corrected chi connectivity index (χ3v) is 1.81. The van der Waals surface area contributed by atoms with Crippen LogP contribution in [0.4, 0.5) is 0 Å². The smallest absolute Gasteiger partial charge is 0.240 e. The van der Waals surface area contributed by atoms with Crippen LogP contribution >= 0.6 is 11.6 Å². The van der Waals surface area contributed by atoms with Gasteiger partial charge in [-0.2, -0.15) is 0 Å². The summed E-state index contributed by atoms with van der Waals surface area (Å²) in [6, 6.07) is 0. The Hall–Kier alpha value is -0.280. The number of hydrogen-bond acceptors (Lipinski definition) is 2.